The number of hydrogen-bond acceptors (Lipinski definition) is 3. The molecular weight excluding hydrogens is 236 g/mol. The van der Waals surface area contributed by atoms with Crippen LogP contribution in [0.3, 0.4) is 0 Å². The zero-order chi connectivity index (χ0) is 12.3. The van der Waals surface area contributed by atoms with Crippen molar-refractivity contribution in [3.05, 3.63) is 22.4 Å². The number of thiophene rings is 1. The highest BCUT2D eigenvalue weighted by Crippen LogP contribution is 2.12. The van der Waals surface area contributed by atoms with Gasteiger partial charge in [-0.3, -0.25) is 9.59 Å². The van der Waals surface area contributed by atoms with E-state index in [9.17, 15) is 9.59 Å². The summed E-state index contributed by atoms with van der Waals surface area (Å²) >= 11 is 1.66. The van der Waals surface area contributed by atoms with Gasteiger partial charge in [-0.15, -0.1) is 0 Å². The fourth-order valence-corrected chi connectivity index (χ4v) is 2.70. The maximum Gasteiger partial charge on any atom is 0.242 e. The Morgan fingerprint density at radius 3 is 3.06 bits per heavy atom. The summed E-state index contributed by atoms with van der Waals surface area (Å²) in [6.45, 7) is 2.74. The number of hydrogen-bond donors (Lipinski definition) is 1. The maximum absolute atomic E-state index is 11.8. The Bertz CT molecular complexity index is 403. The Kier molecular flexibility index (Phi) is 3.78. The number of amides is 2. The van der Waals surface area contributed by atoms with Crippen LogP contribution in [0, 0.1) is 0 Å². The number of rotatable bonds is 3. The van der Waals surface area contributed by atoms with E-state index >= 15 is 0 Å². The van der Waals surface area contributed by atoms with E-state index in [0.29, 0.717) is 13.0 Å². The molecule has 1 aliphatic heterocycles. The van der Waals surface area contributed by atoms with Crippen LogP contribution >= 0.6 is 11.3 Å². The first-order valence-electron chi connectivity index (χ1n) is 5.74. The average molecular weight is 252 g/mol. The fourth-order valence-electron chi connectivity index (χ4n) is 2.00. The van der Waals surface area contributed by atoms with E-state index in [1.807, 2.05) is 12.3 Å². The SMILES string of the molecule is CC1CC(=O)NCC(=O)N1CCc1ccsc1. The molecule has 92 valence electrons. The molecule has 1 unspecified atom stereocenters. The molecule has 0 saturated carbocycles. The maximum atomic E-state index is 11.8. The van der Waals surface area contributed by atoms with Crippen LogP contribution in [0.1, 0.15) is 18.9 Å². The second-order valence-corrected chi connectivity index (χ2v) is 5.08. The molecule has 0 aromatic carbocycles. The Balaban J connectivity index is 1.97. The lowest BCUT2D eigenvalue weighted by atomic mass is 10.1. The minimum Gasteiger partial charge on any atom is -0.347 e. The van der Waals surface area contributed by atoms with Gasteiger partial charge in [0, 0.05) is 19.0 Å². The summed E-state index contributed by atoms with van der Waals surface area (Å²) < 4.78 is 0. The van der Waals surface area contributed by atoms with Crippen molar-refractivity contribution < 1.29 is 9.59 Å². The van der Waals surface area contributed by atoms with Crippen LogP contribution in [0.5, 0.6) is 0 Å². The van der Waals surface area contributed by atoms with E-state index in [2.05, 4.69) is 16.8 Å². The first-order chi connectivity index (χ1) is 8.16. The summed E-state index contributed by atoms with van der Waals surface area (Å²) in [6, 6.07) is 2.06. The van der Waals surface area contributed by atoms with Gasteiger partial charge in [-0.2, -0.15) is 11.3 Å². The summed E-state index contributed by atoms with van der Waals surface area (Å²) in [5.74, 6) is -0.0255. The van der Waals surface area contributed by atoms with Crippen LogP contribution in [-0.2, 0) is 16.0 Å². The number of carbonyl (C=O) groups is 2. The summed E-state index contributed by atoms with van der Waals surface area (Å²) in [7, 11) is 0. The normalized spacial score (nSPS) is 21.2. The van der Waals surface area contributed by atoms with Crippen LogP contribution in [-0.4, -0.2) is 35.8 Å². The molecule has 2 amide bonds. The predicted molar refractivity (Wildman–Crippen MR) is 66.8 cm³/mol. The third kappa shape index (κ3) is 3.06. The van der Waals surface area contributed by atoms with E-state index in [0.717, 1.165) is 6.42 Å². The minimum atomic E-state index is -0.0381. The molecule has 1 aliphatic rings. The van der Waals surface area contributed by atoms with Crippen molar-refractivity contribution in [2.75, 3.05) is 13.1 Å². The van der Waals surface area contributed by atoms with E-state index in [1.54, 1.807) is 16.2 Å². The van der Waals surface area contributed by atoms with Gasteiger partial charge >= 0.3 is 0 Å². The number of nitrogens with zero attached hydrogens (tertiary/aromatic N) is 1. The standard InChI is InChI=1S/C12H16N2O2S/c1-9-6-11(15)13-7-12(16)14(9)4-2-10-3-5-17-8-10/h3,5,8-9H,2,4,6-7H2,1H3,(H,13,15). The van der Waals surface area contributed by atoms with Gasteiger partial charge in [0.1, 0.15) is 0 Å². The molecule has 0 radical (unpaired) electrons. The van der Waals surface area contributed by atoms with Gasteiger partial charge in [0.2, 0.25) is 11.8 Å². The quantitative estimate of drug-likeness (QED) is 0.873. The molecule has 0 spiro atoms. The van der Waals surface area contributed by atoms with Gasteiger partial charge in [-0.25, -0.2) is 0 Å². The molecule has 0 bridgehead atoms. The van der Waals surface area contributed by atoms with Gasteiger partial charge in [0.15, 0.2) is 0 Å². The molecule has 17 heavy (non-hydrogen) atoms. The monoisotopic (exact) mass is 252 g/mol. The molecule has 1 saturated heterocycles. The van der Waals surface area contributed by atoms with Gasteiger partial charge in [0.05, 0.1) is 6.54 Å². The van der Waals surface area contributed by atoms with Crippen LogP contribution < -0.4 is 5.32 Å². The topological polar surface area (TPSA) is 49.4 Å². The molecule has 4 nitrogen and oxygen atoms in total. The summed E-state index contributed by atoms with van der Waals surface area (Å²) in [4.78, 5) is 25.0. The first-order valence-corrected chi connectivity index (χ1v) is 6.68. The lowest BCUT2D eigenvalue weighted by Crippen LogP contribution is -2.40. The first kappa shape index (κ1) is 12.1. The van der Waals surface area contributed by atoms with E-state index < -0.39 is 0 Å². The highest BCUT2D eigenvalue weighted by atomic mass is 32.1. The fraction of sp³-hybridized carbons (Fsp3) is 0.500. The molecule has 1 fully saturated rings. The Hall–Kier alpha value is -1.36. The largest absolute Gasteiger partial charge is 0.347 e. The molecule has 5 heteroatoms. The van der Waals surface area contributed by atoms with E-state index in [-0.39, 0.29) is 24.4 Å². The van der Waals surface area contributed by atoms with Crippen molar-refractivity contribution in [3.8, 4) is 0 Å². The second kappa shape index (κ2) is 5.31. The molecular formula is C12H16N2O2S. The van der Waals surface area contributed by atoms with Gasteiger partial charge in [-0.1, -0.05) is 0 Å². The van der Waals surface area contributed by atoms with Crippen molar-refractivity contribution in [3.63, 3.8) is 0 Å². The van der Waals surface area contributed by atoms with E-state index in [1.165, 1.54) is 5.56 Å². The molecule has 1 aromatic rings. The molecule has 0 aliphatic carbocycles. The average Bonchev–Trinajstić information content (AvgIpc) is 2.75. The van der Waals surface area contributed by atoms with Crippen molar-refractivity contribution >= 4 is 23.2 Å². The summed E-state index contributed by atoms with van der Waals surface area (Å²) in [6.07, 6.45) is 1.25. The second-order valence-electron chi connectivity index (χ2n) is 4.30. The third-order valence-electron chi connectivity index (χ3n) is 2.99. The van der Waals surface area contributed by atoms with Crippen molar-refractivity contribution in [1.82, 2.24) is 10.2 Å². The lowest BCUT2D eigenvalue weighted by molar-refractivity contribution is -0.131. The molecule has 1 N–H and O–H groups in total. The Morgan fingerprint density at radius 1 is 1.53 bits per heavy atom. The zero-order valence-electron chi connectivity index (χ0n) is 9.81. The van der Waals surface area contributed by atoms with Gasteiger partial charge in [-0.05, 0) is 35.7 Å². The summed E-state index contributed by atoms with van der Waals surface area (Å²) in [5.41, 5.74) is 1.25. The van der Waals surface area contributed by atoms with Crippen LogP contribution in [0.2, 0.25) is 0 Å². The van der Waals surface area contributed by atoms with Crippen molar-refractivity contribution in [2.45, 2.75) is 25.8 Å². The van der Waals surface area contributed by atoms with Crippen LogP contribution in [0.4, 0.5) is 0 Å². The van der Waals surface area contributed by atoms with Crippen LogP contribution in [0.25, 0.3) is 0 Å². The third-order valence-corrected chi connectivity index (χ3v) is 3.72. The smallest absolute Gasteiger partial charge is 0.242 e. The minimum absolute atomic E-state index is 0.0105. The predicted octanol–water partition coefficient (Wildman–Crippen LogP) is 1.03. The van der Waals surface area contributed by atoms with E-state index in [4.69, 9.17) is 0 Å². The number of carbonyl (C=O) groups excluding carboxylic acids is 2. The highest BCUT2D eigenvalue weighted by Gasteiger charge is 2.25. The molecule has 1 atom stereocenters. The van der Waals surface area contributed by atoms with Gasteiger partial charge in [0.25, 0.3) is 0 Å². The Labute approximate surface area is 105 Å². The Morgan fingerprint density at radius 2 is 2.35 bits per heavy atom. The zero-order valence-corrected chi connectivity index (χ0v) is 10.6. The lowest BCUT2D eigenvalue weighted by Gasteiger charge is -2.26. The molecule has 2 rings (SSSR count). The molecule has 1 aromatic heterocycles. The summed E-state index contributed by atoms with van der Waals surface area (Å²) in [5, 5.41) is 6.75. The van der Waals surface area contributed by atoms with Crippen LogP contribution in [0.15, 0.2) is 16.8 Å². The van der Waals surface area contributed by atoms with Gasteiger partial charge < -0.3 is 10.2 Å². The number of nitrogens with one attached hydrogen (secondary N) is 1. The highest BCUT2D eigenvalue weighted by molar-refractivity contribution is 7.07. The molecule has 2 heterocycles. The van der Waals surface area contributed by atoms with Crippen molar-refractivity contribution in [2.24, 2.45) is 0 Å². The van der Waals surface area contributed by atoms with Crippen molar-refractivity contribution in [1.29, 1.82) is 0 Å².